The van der Waals surface area contributed by atoms with Gasteiger partial charge in [0.15, 0.2) is 0 Å². The highest BCUT2D eigenvalue weighted by molar-refractivity contribution is 5.67. The Balaban J connectivity index is 3.58. The van der Waals surface area contributed by atoms with Gasteiger partial charge in [0.1, 0.15) is 12.7 Å². The normalized spacial score (nSPS) is 12.0. The molecule has 4 heteroatoms. The third kappa shape index (κ3) is 15.2. The van der Waals surface area contributed by atoms with E-state index in [9.17, 15) is 9.59 Å². The van der Waals surface area contributed by atoms with E-state index in [0.29, 0.717) is 0 Å². The van der Waals surface area contributed by atoms with E-state index in [0.717, 1.165) is 19.3 Å². The molecule has 1 unspecified atom stereocenters. The second-order valence-electron chi connectivity index (χ2n) is 5.65. The SMILES string of the molecule is CCCCCCCCCCCC(COC(C)=O)OC(C)=O. The van der Waals surface area contributed by atoms with Crippen molar-refractivity contribution in [3.8, 4) is 0 Å². The molecule has 0 aliphatic heterocycles. The third-order valence-corrected chi connectivity index (χ3v) is 3.43. The lowest BCUT2D eigenvalue weighted by atomic mass is 10.1. The average Bonchev–Trinajstić information content (AvgIpc) is 2.42. The van der Waals surface area contributed by atoms with Crippen molar-refractivity contribution in [2.45, 2.75) is 91.1 Å². The van der Waals surface area contributed by atoms with Crippen LogP contribution in [0.4, 0.5) is 0 Å². The zero-order valence-corrected chi connectivity index (χ0v) is 14.0. The van der Waals surface area contributed by atoms with E-state index in [2.05, 4.69) is 6.92 Å². The summed E-state index contributed by atoms with van der Waals surface area (Å²) in [4.78, 5) is 21.8. The van der Waals surface area contributed by atoms with Gasteiger partial charge in [-0.05, 0) is 12.8 Å². The molecule has 124 valence electrons. The number of esters is 2. The number of unbranched alkanes of at least 4 members (excludes halogenated alkanes) is 8. The van der Waals surface area contributed by atoms with Crippen LogP contribution in [0, 0.1) is 0 Å². The summed E-state index contributed by atoms with van der Waals surface area (Å²) in [6, 6.07) is 0. The van der Waals surface area contributed by atoms with Crippen LogP contribution in [0.2, 0.25) is 0 Å². The first-order valence-electron chi connectivity index (χ1n) is 8.36. The first-order chi connectivity index (χ1) is 10.1. The summed E-state index contributed by atoms with van der Waals surface area (Å²) in [6.07, 6.45) is 11.8. The molecule has 4 nitrogen and oxygen atoms in total. The maximum Gasteiger partial charge on any atom is 0.303 e. The fraction of sp³-hybridized carbons (Fsp3) is 0.882. The quantitative estimate of drug-likeness (QED) is 0.373. The molecule has 0 bridgehead atoms. The summed E-state index contributed by atoms with van der Waals surface area (Å²) in [5, 5.41) is 0. The summed E-state index contributed by atoms with van der Waals surface area (Å²) in [7, 11) is 0. The van der Waals surface area contributed by atoms with Gasteiger partial charge in [0, 0.05) is 13.8 Å². The Morgan fingerprint density at radius 2 is 1.33 bits per heavy atom. The van der Waals surface area contributed by atoms with Crippen LogP contribution in [0.1, 0.15) is 85.0 Å². The maximum atomic E-state index is 11.0. The first-order valence-corrected chi connectivity index (χ1v) is 8.36. The lowest BCUT2D eigenvalue weighted by Crippen LogP contribution is -2.23. The topological polar surface area (TPSA) is 52.6 Å². The predicted octanol–water partition coefficient (Wildman–Crippen LogP) is 4.40. The Bertz CT molecular complexity index is 276. The van der Waals surface area contributed by atoms with Gasteiger partial charge in [-0.3, -0.25) is 9.59 Å². The van der Waals surface area contributed by atoms with Gasteiger partial charge in [-0.2, -0.15) is 0 Å². The monoisotopic (exact) mass is 300 g/mol. The second kappa shape index (κ2) is 13.9. The molecular formula is C17H32O4. The molecule has 0 saturated carbocycles. The molecule has 21 heavy (non-hydrogen) atoms. The van der Waals surface area contributed by atoms with Crippen LogP contribution in [0.5, 0.6) is 0 Å². The molecule has 0 aliphatic carbocycles. The Kier molecular flexibility index (Phi) is 13.2. The van der Waals surface area contributed by atoms with Crippen molar-refractivity contribution in [2.75, 3.05) is 6.61 Å². The van der Waals surface area contributed by atoms with Crippen LogP contribution in [0.15, 0.2) is 0 Å². The Morgan fingerprint density at radius 1 is 0.810 bits per heavy atom. The minimum Gasteiger partial charge on any atom is -0.462 e. The smallest absolute Gasteiger partial charge is 0.303 e. The standard InChI is InChI=1S/C17H32O4/c1-4-5-6-7-8-9-10-11-12-13-17(21-16(3)19)14-20-15(2)18/h17H,4-14H2,1-3H3. The first kappa shape index (κ1) is 19.9. The molecule has 0 saturated heterocycles. The number of rotatable bonds is 13. The van der Waals surface area contributed by atoms with Crippen molar-refractivity contribution in [3.05, 3.63) is 0 Å². The molecule has 0 fully saturated rings. The van der Waals surface area contributed by atoms with Crippen molar-refractivity contribution in [3.63, 3.8) is 0 Å². The lowest BCUT2D eigenvalue weighted by Gasteiger charge is -2.16. The fourth-order valence-corrected chi connectivity index (χ4v) is 2.30. The van der Waals surface area contributed by atoms with E-state index in [1.54, 1.807) is 0 Å². The highest BCUT2D eigenvalue weighted by atomic mass is 16.6. The van der Waals surface area contributed by atoms with E-state index < -0.39 is 0 Å². The second-order valence-corrected chi connectivity index (χ2v) is 5.65. The Hall–Kier alpha value is -1.06. The van der Waals surface area contributed by atoms with Crippen LogP contribution < -0.4 is 0 Å². The number of hydrogen-bond donors (Lipinski definition) is 0. The molecule has 0 heterocycles. The molecule has 0 rings (SSSR count). The van der Waals surface area contributed by atoms with E-state index in [1.165, 1.54) is 58.8 Å². The van der Waals surface area contributed by atoms with Crippen LogP contribution in [0.25, 0.3) is 0 Å². The van der Waals surface area contributed by atoms with Gasteiger partial charge in [-0.1, -0.05) is 58.3 Å². The lowest BCUT2D eigenvalue weighted by molar-refractivity contribution is -0.156. The van der Waals surface area contributed by atoms with Crippen molar-refractivity contribution < 1.29 is 19.1 Å². The largest absolute Gasteiger partial charge is 0.462 e. The zero-order valence-electron chi connectivity index (χ0n) is 14.0. The van der Waals surface area contributed by atoms with Gasteiger partial charge in [-0.25, -0.2) is 0 Å². The molecule has 0 radical (unpaired) electrons. The summed E-state index contributed by atoms with van der Waals surface area (Å²) >= 11 is 0. The molecule has 0 aromatic carbocycles. The van der Waals surface area contributed by atoms with E-state index in [4.69, 9.17) is 9.47 Å². The molecule has 0 aromatic heterocycles. The van der Waals surface area contributed by atoms with E-state index in [-0.39, 0.29) is 24.6 Å². The van der Waals surface area contributed by atoms with Gasteiger partial charge >= 0.3 is 11.9 Å². The molecule has 0 amide bonds. The molecule has 0 N–H and O–H groups in total. The fourth-order valence-electron chi connectivity index (χ4n) is 2.30. The highest BCUT2D eigenvalue weighted by Gasteiger charge is 2.13. The van der Waals surface area contributed by atoms with Crippen molar-refractivity contribution >= 4 is 11.9 Å². The maximum absolute atomic E-state index is 11.0. The van der Waals surface area contributed by atoms with E-state index in [1.807, 2.05) is 0 Å². The number of carbonyl (C=O) groups is 2. The zero-order chi connectivity index (χ0) is 15.9. The minimum absolute atomic E-state index is 0.173. The Labute approximate surface area is 129 Å². The molecule has 0 aliphatic rings. The van der Waals surface area contributed by atoms with E-state index >= 15 is 0 Å². The number of ether oxygens (including phenoxy) is 2. The van der Waals surface area contributed by atoms with Crippen molar-refractivity contribution in [1.82, 2.24) is 0 Å². The van der Waals surface area contributed by atoms with Crippen molar-refractivity contribution in [2.24, 2.45) is 0 Å². The number of hydrogen-bond acceptors (Lipinski definition) is 4. The molecular weight excluding hydrogens is 268 g/mol. The van der Waals surface area contributed by atoms with Crippen molar-refractivity contribution in [1.29, 1.82) is 0 Å². The predicted molar refractivity (Wildman–Crippen MR) is 84.0 cm³/mol. The van der Waals surface area contributed by atoms with Gasteiger partial charge in [0.05, 0.1) is 0 Å². The Morgan fingerprint density at radius 3 is 1.81 bits per heavy atom. The molecule has 0 aromatic rings. The van der Waals surface area contributed by atoms with Gasteiger partial charge in [0.25, 0.3) is 0 Å². The third-order valence-electron chi connectivity index (χ3n) is 3.43. The van der Waals surface area contributed by atoms with Crippen LogP contribution in [0.3, 0.4) is 0 Å². The van der Waals surface area contributed by atoms with Crippen LogP contribution >= 0.6 is 0 Å². The minimum atomic E-state index is -0.334. The summed E-state index contributed by atoms with van der Waals surface area (Å²) in [5.74, 6) is -0.651. The average molecular weight is 300 g/mol. The van der Waals surface area contributed by atoms with Crippen LogP contribution in [-0.2, 0) is 19.1 Å². The van der Waals surface area contributed by atoms with Gasteiger partial charge in [0.2, 0.25) is 0 Å². The van der Waals surface area contributed by atoms with Crippen LogP contribution in [-0.4, -0.2) is 24.6 Å². The molecule has 0 spiro atoms. The summed E-state index contributed by atoms with van der Waals surface area (Å²) in [5.41, 5.74) is 0. The summed E-state index contributed by atoms with van der Waals surface area (Å²) < 4.78 is 10.1. The van der Waals surface area contributed by atoms with Gasteiger partial charge < -0.3 is 9.47 Å². The highest BCUT2D eigenvalue weighted by Crippen LogP contribution is 2.13. The summed E-state index contributed by atoms with van der Waals surface area (Å²) in [6.45, 7) is 5.15. The van der Waals surface area contributed by atoms with Gasteiger partial charge in [-0.15, -0.1) is 0 Å². The molecule has 1 atom stereocenters. The number of carbonyl (C=O) groups excluding carboxylic acids is 2.